The zero-order chi connectivity index (χ0) is 21.7. The van der Waals surface area contributed by atoms with Gasteiger partial charge in [0.05, 0.1) is 0 Å². The number of carbonyl (C=O) groups is 4. The second-order valence-electron chi connectivity index (χ2n) is 9.19. The summed E-state index contributed by atoms with van der Waals surface area (Å²) in [6.45, 7) is 3.06. The van der Waals surface area contributed by atoms with Gasteiger partial charge in [-0.3, -0.25) is 19.3 Å². The molecule has 30 heavy (non-hydrogen) atoms. The van der Waals surface area contributed by atoms with Crippen molar-refractivity contribution in [2.75, 3.05) is 13.1 Å². The van der Waals surface area contributed by atoms with Crippen LogP contribution in [-0.2, 0) is 14.4 Å². The Morgan fingerprint density at radius 2 is 1.33 bits per heavy atom. The lowest BCUT2D eigenvalue weighted by molar-refractivity contribution is -0.136. The first-order valence-electron chi connectivity index (χ1n) is 11.6. The molecule has 2 N–H and O–H groups in total. The molecule has 0 bridgehead atoms. The summed E-state index contributed by atoms with van der Waals surface area (Å²) in [6, 6.07) is -0.291. The SMILES string of the molecule is CC[C@]1(C)C(=O)N(CC(=O)NC2CCCCC2)C(=O)N1CC(=O)NC1CCCCC1. The van der Waals surface area contributed by atoms with Gasteiger partial charge in [-0.1, -0.05) is 45.4 Å². The fourth-order valence-corrected chi connectivity index (χ4v) is 4.90. The minimum Gasteiger partial charge on any atom is -0.352 e. The van der Waals surface area contributed by atoms with Crippen LogP contribution in [0.5, 0.6) is 0 Å². The van der Waals surface area contributed by atoms with Gasteiger partial charge in [0.2, 0.25) is 11.8 Å². The minimum absolute atomic E-state index is 0.119. The molecule has 8 heteroatoms. The molecule has 0 aromatic carbocycles. The molecular formula is C22H36N4O4. The van der Waals surface area contributed by atoms with Gasteiger partial charge >= 0.3 is 6.03 Å². The van der Waals surface area contributed by atoms with Gasteiger partial charge < -0.3 is 15.5 Å². The van der Waals surface area contributed by atoms with Crippen LogP contribution in [0.2, 0.25) is 0 Å². The van der Waals surface area contributed by atoms with Crippen LogP contribution in [0.25, 0.3) is 0 Å². The molecule has 0 unspecified atom stereocenters. The summed E-state index contributed by atoms with van der Waals surface area (Å²) in [7, 11) is 0. The minimum atomic E-state index is -1.11. The molecule has 3 fully saturated rings. The van der Waals surface area contributed by atoms with Crippen LogP contribution in [0.4, 0.5) is 4.79 Å². The predicted molar refractivity (Wildman–Crippen MR) is 113 cm³/mol. The monoisotopic (exact) mass is 420 g/mol. The van der Waals surface area contributed by atoms with Crippen LogP contribution in [-0.4, -0.2) is 64.3 Å². The van der Waals surface area contributed by atoms with Crippen molar-refractivity contribution in [3.05, 3.63) is 0 Å². The van der Waals surface area contributed by atoms with Crippen molar-refractivity contribution in [2.24, 2.45) is 0 Å². The first-order valence-corrected chi connectivity index (χ1v) is 11.6. The smallest absolute Gasteiger partial charge is 0.328 e. The Morgan fingerprint density at radius 1 is 0.867 bits per heavy atom. The van der Waals surface area contributed by atoms with Crippen LogP contribution in [0.15, 0.2) is 0 Å². The van der Waals surface area contributed by atoms with Crippen molar-refractivity contribution in [2.45, 2.75) is 102 Å². The molecule has 2 aliphatic carbocycles. The van der Waals surface area contributed by atoms with Crippen LogP contribution in [0.3, 0.4) is 0 Å². The van der Waals surface area contributed by atoms with Crippen molar-refractivity contribution in [3.8, 4) is 0 Å². The topological polar surface area (TPSA) is 98.8 Å². The maximum absolute atomic E-state index is 13.0. The highest BCUT2D eigenvalue weighted by molar-refractivity contribution is 6.09. The van der Waals surface area contributed by atoms with E-state index in [4.69, 9.17) is 0 Å². The largest absolute Gasteiger partial charge is 0.352 e. The van der Waals surface area contributed by atoms with Gasteiger partial charge in [0.1, 0.15) is 18.6 Å². The van der Waals surface area contributed by atoms with E-state index in [0.717, 1.165) is 56.3 Å². The predicted octanol–water partition coefficient (Wildman–Crippen LogP) is 2.32. The number of nitrogens with one attached hydrogen (secondary N) is 2. The van der Waals surface area contributed by atoms with E-state index in [1.54, 1.807) is 6.92 Å². The molecule has 3 aliphatic rings. The highest BCUT2D eigenvalue weighted by atomic mass is 16.2. The Kier molecular flexibility index (Phi) is 7.36. The molecular weight excluding hydrogens is 384 g/mol. The number of hydrogen-bond donors (Lipinski definition) is 2. The molecule has 0 spiro atoms. The van der Waals surface area contributed by atoms with Crippen LogP contribution >= 0.6 is 0 Å². The Hall–Kier alpha value is -2.12. The third kappa shape index (κ3) is 4.95. The maximum atomic E-state index is 13.0. The van der Waals surface area contributed by atoms with Gasteiger partial charge in [0, 0.05) is 12.1 Å². The number of urea groups is 1. The summed E-state index contributed by atoms with van der Waals surface area (Å²) in [4.78, 5) is 53.5. The summed E-state index contributed by atoms with van der Waals surface area (Å²) in [6.07, 6.45) is 10.9. The molecule has 1 saturated heterocycles. The summed E-state index contributed by atoms with van der Waals surface area (Å²) in [5.41, 5.74) is -1.11. The second kappa shape index (κ2) is 9.79. The maximum Gasteiger partial charge on any atom is 0.328 e. The molecule has 1 aliphatic heterocycles. The van der Waals surface area contributed by atoms with Crippen LogP contribution < -0.4 is 10.6 Å². The van der Waals surface area contributed by atoms with Crippen LogP contribution in [0, 0.1) is 0 Å². The van der Waals surface area contributed by atoms with Crippen molar-refractivity contribution in [1.29, 1.82) is 0 Å². The Bertz CT molecular complexity index is 670. The quantitative estimate of drug-likeness (QED) is 0.618. The third-order valence-corrected chi connectivity index (χ3v) is 7.00. The number of rotatable bonds is 7. The Labute approximate surface area is 179 Å². The van der Waals surface area contributed by atoms with E-state index in [1.165, 1.54) is 17.7 Å². The van der Waals surface area contributed by atoms with E-state index >= 15 is 0 Å². The number of amides is 5. The van der Waals surface area contributed by atoms with E-state index in [0.29, 0.717) is 6.42 Å². The lowest BCUT2D eigenvalue weighted by Gasteiger charge is -2.31. The van der Waals surface area contributed by atoms with Gasteiger partial charge in [0.15, 0.2) is 0 Å². The van der Waals surface area contributed by atoms with Gasteiger partial charge in [-0.2, -0.15) is 0 Å². The zero-order valence-electron chi connectivity index (χ0n) is 18.4. The summed E-state index contributed by atoms with van der Waals surface area (Å²) in [5, 5.41) is 5.97. The normalized spacial score (nSPS) is 26.2. The lowest BCUT2D eigenvalue weighted by Crippen LogP contribution is -2.51. The average Bonchev–Trinajstić information content (AvgIpc) is 2.91. The van der Waals surface area contributed by atoms with Gasteiger partial charge in [-0.15, -0.1) is 0 Å². The zero-order valence-corrected chi connectivity index (χ0v) is 18.4. The Balaban J connectivity index is 1.61. The summed E-state index contributed by atoms with van der Waals surface area (Å²) >= 11 is 0. The van der Waals surface area contributed by atoms with Crippen LogP contribution in [0.1, 0.15) is 84.5 Å². The number of carbonyl (C=O) groups excluding carboxylic acids is 4. The van der Waals surface area contributed by atoms with Gasteiger partial charge in [-0.05, 0) is 39.0 Å². The third-order valence-electron chi connectivity index (χ3n) is 7.00. The first kappa shape index (κ1) is 22.6. The number of nitrogens with zero attached hydrogens (tertiary/aromatic N) is 2. The van der Waals surface area contributed by atoms with Crippen molar-refractivity contribution < 1.29 is 19.2 Å². The Morgan fingerprint density at radius 3 is 1.80 bits per heavy atom. The molecule has 0 aromatic rings. The first-order chi connectivity index (χ1) is 14.3. The van der Waals surface area contributed by atoms with Crippen molar-refractivity contribution in [1.82, 2.24) is 20.4 Å². The van der Waals surface area contributed by atoms with E-state index in [1.807, 2.05) is 6.92 Å². The summed E-state index contributed by atoms with van der Waals surface area (Å²) < 4.78 is 0. The number of hydrogen-bond acceptors (Lipinski definition) is 4. The fourth-order valence-electron chi connectivity index (χ4n) is 4.90. The lowest BCUT2D eigenvalue weighted by atomic mass is 9.95. The summed E-state index contributed by atoms with van der Waals surface area (Å²) in [5.74, 6) is -0.953. The standard InChI is InChI=1S/C22H36N4O4/c1-3-22(2)20(29)25(14-18(27)23-16-10-6-4-7-11-16)21(30)26(22)15-19(28)24-17-12-8-5-9-13-17/h16-17H,3-15H2,1-2H3,(H,23,27)(H,24,28)/t22-/m1/s1. The molecule has 0 aromatic heterocycles. The van der Waals surface area contributed by atoms with Crippen molar-refractivity contribution >= 4 is 23.8 Å². The molecule has 1 heterocycles. The molecule has 168 valence electrons. The highest BCUT2D eigenvalue weighted by Gasteiger charge is 2.54. The molecule has 2 saturated carbocycles. The average molecular weight is 421 g/mol. The van der Waals surface area contributed by atoms with E-state index in [-0.39, 0.29) is 37.0 Å². The van der Waals surface area contributed by atoms with E-state index in [9.17, 15) is 19.2 Å². The highest BCUT2D eigenvalue weighted by Crippen LogP contribution is 2.31. The van der Waals surface area contributed by atoms with Crippen molar-refractivity contribution in [3.63, 3.8) is 0 Å². The molecule has 1 atom stereocenters. The van der Waals surface area contributed by atoms with E-state index in [2.05, 4.69) is 10.6 Å². The van der Waals surface area contributed by atoms with Gasteiger partial charge in [-0.25, -0.2) is 4.79 Å². The fraction of sp³-hybridized carbons (Fsp3) is 0.818. The molecule has 8 nitrogen and oxygen atoms in total. The van der Waals surface area contributed by atoms with Gasteiger partial charge in [0.25, 0.3) is 5.91 Å². The second-order valence-corrected chi connectivity index (χ2v) is 9.19. The van der Waals surface area contributed by atoms with E-state index < -0.39 is 17.5 Å². The molecule has 3 rings (SSSR count). The number of imide groups is 1. The molecule has 0 radical (unpaired) electrons. The molecule has 5 amide bonds.